The molecule has 0 aliphatic rings. The Morgan fingerprint density at radius 1 is 0.381 bits per heavy atom. The van der Waals surface area contributed by atoms with E-state index >= 15 is 0 Å². The Kier molecular flexibility index (Phi) is 20.4. The third-order valence-corrected chi connectivity index (χ3v) is 6.71. The van der Waals surface area contributed by atoms with E-state index in [4.69, 9.17) is 0 Å². The van der Waals surface area contributed by atoms with E-state index < -0.39 is 0 Å². The van der Waals surface area contributed by atoms with Gasteiger partial charge in [0.15, 0.2) is 0 Å². The minimum atomic E-state index is 0.325. The second-order valence-electron chi connectivity index (χ2n) is 7.01. The molecule has 1 heteroatoms. The average molecular weight is 313 g/mol. The summed E-state index contributed by atoms with van der Waals surface area (Å²) in [5.74, 6) is 0. The van der Waals surface area contributed by atoms with Crippen LogP contribution in [0.5, 0.6) is 0 Å². The summed E-state index contributed by atoms with van der Waals surface area (Å²) in [6.45, 7) is 4.61. The molecule has 0 aliphatic carbocycles. The molecule has 128 valence electrons. The smallest absolute Gasteiger partial charge is 0.0197 e. The lowest BCUT2D eigenvalue weighted by molar-refractivity contribution is 0.547. The Bertz CT molecular complexity index is 149. The molecule has 0 radical (unpaired) electrons. The Labute approximate surface area is 138 Å². The molecule has 0 aromatic heterocycles. The van der Waals surface area contributed by atoms with Crippen molar-refractivity contribution in [3.05, 3.63) is 0 Å². The van der Waals surface area contributed by atoms with Gasteiger partial charge in [-0.25, -0.2) is 0 Å². The number of rotatable bonds is 18. The van der Waals surface area contributed by atoms with Gasteiger partial charge in [-0.15, -0.1) is 0 Å². The molecule has 0 amide bonds. The molecule has 0 atom stereocenters. The van der Waals surface area contributed by atoms with Crippen molar-refractivity contribution < 1.29 is 0 Å². The van der Waals surface area contributed by atoms with Gasteiger partial charge < -0.3 is 0 Å². The van der Waals surface area contributed by atoms with Crippen molar-refractivity contribution in [1.29, 1.82) is 0 Å². The number of hydrogen-bond donors (Lipinski definition) is 0. The molecule has 0 N–H and O–H groups in total. The van der Waals surface area contributed by atoms with Crippen LogP contribution in [0, 0.1) is 0 Å². The van der Waals surface area contributed by atoms with Crippen LogP contribution in [0.15, 0.2) is 0 Å². The molecule has 0 nitrogen and oxygen atoms in total. The van der Waals surface area contributed by atoms with Crippen LogP contribution in [-0.2, 0) is 0 Å². The largest absolute Gasteiger partial charge is 0.0654 e. The summed E-state index contributed by atoms with van der Waals surface area (Å²) in [6, 6.07) is 3.25. The van der Waals surface area contributed by atoms with E-state index in [1.165, 1.54) is 96.3 Å². The first-order chi connectivity index (χ1) is 10.4. The minimum absolute atomic E-state index is 0.325. The lowest BCUT2D eigenvalue weighted by Gasteiger charge is -2.03. The molecular weight excluding hydrogens is 268 g/mol. The highest BCUT2D eigenvalue weighted by Crippen LogP contribution is 2.13. The van der Waals surface area contributed by atoms with E-state index in [0.717, 1.165) is 0 Å². The number of unbranched alkanes of at least 4 members (excludes halogenated alkanes) is 14. The summed E-state index contributed by atoms with van der Waals surface area (Å²) in [6.07, 6.45) is 23.8. The van der Waals surface area contributed by atoms with Crippen LogP contribution in [0.1, 0.15) is 117 Å². The molecule has 21 heavy (non-hydrogen) atoms. The fraction of sp³-hybridized carbons (Fsp3) is 1.00. The average Bonchev–Trinajstić information content (AvgIpc) is 2.50. The molecular formula is C20H44Si. The molecule has 0 unspecified atom stereocenters. The molecule has 0 aliphatic heterocycles. The van der Waals surface area contributed by atoms with Gasteiger partial charge in [0.1, 0.15) is 0 Å². The second-order valence-corrected chi connectivity index (χ2v) is 9.13. The highest BCUT2D eigenvalue weighted by atomic mass is 28.2. The zero-order valence-corrected chi connectivity index (χ0v) is 16.8. The Morgan fingerprint density at radius 3 is 1.05 bits per heavy atom. The SMILES string of the molecule is CCCCCCCCCCCCCC[SiH2]CCCCCC. The van der Waals surface area contributed by atoms with Crippen LogP contribution in [0.4, 0.5) is 0 Å². The van der Waals surface area contributed by atoms with Crippen LogP contribution in [0.2, 0.25) is 12.1 Å². The van der Waals surface area contributed by atoms with Crippen molar-refractivity contribution in [2.45, 2.75) is 129 Å². The van der Waals surface area contributed by atoms with Crippen LogP contribution >= 0.6 is 0 Å². The maximum absolute atomic E-state index is 2.31. The molecule has 0 spiro atoms. The first-order valence-corrected chi connectivity index (χ1v) is 12.4. The summed E-state index contributed by atoms with van der Waals surface area (Å²) in [7, 11) is 0.325. The van der Waals surface area contributed by atoms with Gasteiger partial charge in [-0.05, 0) is 0 Å². The van der Waals surface area contributed by atoms with Crippen molar-refractivity contribution >= 4 is 9.52 Å². The Morgan fingerprint density at radius 2 is 0.667 bits per heavy atom. The van der Waals surface area contributed by atoms with Gasteiger partial charge in [-0.3, -0.25) is 0 Å². The molecule has 0 saturated heterocycles. The van der Waals surface area contributed by atoms with E-state index in [-0.39, 0.29) is 0 Å². The fourth-order valence-corrected chi connectivity index (χ4v) is 4.92. The first kappa shape index (κ1) is 21.2. The van der Waals surface area contributed by atoms with Gasteiger partial charge in [-0.2, -0.15) is 0 Å². The van der Waals surface area contributed by atoms with E-state index in [9.17, 15) is 0 Å². The van der Waals surface area contributed by atoms with Crippen LogP contribution in [0.3, 0.4) is 0 Å². The van der Waals surface area contributed by atoms with Gasteiger partial charge >= 0.3 is 0 Å². The zero-order chi connectivity index (χ0) is 15.4. The fourth-order valence-electron chi connectivity index (χ4n) is 3.15. The Hall–Kier alpha value is 0.217. The van der Waals surface area contributed by atoms with Gasteiger partial charge in [0.25, 0.3) is 0 Å². The van der Waals surface area contributed by atoms with E-state index in [0.29, 0.717) is 9.52 Å². The monoisotopic (exact) mass is 312 g/mol. The molecule has 0 saturated carbocycles. The maximum Gasteiger partial charge on any atom is 0.0197 e. The minimum Gasteiger partial charge on any atom is -0.0654 e. The summed E-state index contributed by atoms with van der Waals surface area (Å²) < 4.78 is 0. The molecule has 0 aromatic carbocycles. The third kappa shape index (κ3) is 20.2. The lowest BCUT2D eigenvalue weighted by atomic mass is 10.1. The van der Waals surface area contributed by atoms with Gasteiger partial charge in [-0.1, -0.05) is 129 Å². The van der Waals surface area contributed by atoms with Crippen molar-refractivity contribution in [3.8, 4) is 0 Å². The van der Waals surface area contributed by atoms with Crippen LogP contribution in [-0.4, -0.2) is 9.52 Å². The topological polar surface area (TPSA) is 0 Å². The molecule has 0 rings (SSSR count). The Balaban J connectivity index is 2.90. The van der Waals surface area contributed by atoms with Crippen molar-refractivity contribution in [3.63, 3.8) is 0 Å². The summed E-state index contributed by atoms with van der Waals surface area (Å²) in [5.41, 5.74) is 0. The van der Waals surface area contributed by atoms with Crippen molar-refractivity contribution in [2.24, 2.45) is 0 Å². The van der Waals surface area contributed by atoms with E-state index in [1.54, 1.807) is 18.5 Å². The van der Waals surface area contributed by atoms with Gasteiger partial charge in [0.05, 0.1) is 0 Å². The molecule has 0 aromatic rings. The highest BCUT2D eigenvalue weighted by Gasteiger charge is 1.94. The maximum atomic E-state index is 2.31. The second kappa shape index (κ2) is 20.2. The number of hydrogen-bond acceptors (Lipinski definition) is 0. The van der Waals surface area contributed by atoms with Gasteiger partial charge in [0, 0.05) is 9.52 Å². The van der Waals surface area contributed by atoms with Crippen LogP contribution in [0.25, 0.3) is 0 Å². The summed E-state index contributed by atoms with van der Waals surface area (Å²) in [4.78, 5) is 0. The lowest BCUT2D eigenvalue weighted by Crippen LogP contribution is -1.90. The molecule has 0 heterocycles. The first-order valence-electron chi connectivity index (χ1n) is 10.4. The normalized spacial score (nSPS) is 11.7. The van der Waals surface area contributed by atoms with Crippen molar-refractivity contribution in [2.75, 3.05) is 0 Å². The molecule has 0 bridgehead atoms. The van der Waals surface area contributed by atoms with E-state index in [1.807, 2.05) is 0 Å². The highest BCUT2D eigenvalue weighted by molar-refractivity contribution is 6.35. The van der Waals surface area contributed by atoms with E-state index in [2.05, 4.69) is 13.8 Å². The summed E-state index contributed by atoms with van der Waals surface area (Å²) >= 11 is 0. The standard InChI is InChI=1S/C20H44Si/c1-3-5-7-9-10-11-12-13-14-15-16-18-20-21-19-17-8-6-4-2/h3-21H2,1-2H3. The zero-order valence-electron chi connectivity index (χ0n) is 15.4. The summed E-state index contributed by atoms with van der Waals surface area (Å²) in [5, 5.41) is 0. The molecule has 0 fully saturated rings. The predicted molar refractivity (Wildman–Crippen MR) is 103 cm³/mol. The van der Waals surface area contributed by atoms with Gasteiger partial charge in [0.2, 0.25) is 0 Å². The van der Waals surface area contributed by atoms with Crippen LogP contribution < -0.4 is 0 Å². The third-order valence-electron chi connectivity index (χ3n) is 4.71. The quantitative estimate of drug-likeness (QED) is 0.184. The predicted octanol–water partition coefficient (Wildman–Crippen LogP) is 7.27. The van der Waals surface area contributed by atoms with Crippen molar-refractivity contribution in [1.82, 2.24) is 0 Å².